The second kappa shape index (κ2) is 7.90. The molecule has 0 saturated carbocycles. The summed E-state index contributed by atoms with van der Waals surface area (Å²) >= 11 is 0. The highest BCUT2D eigenvalue weighted by molar-refractivity contribution is 6.03. The Hall–Kier alpha value is -3.35. The summed E-state index contributed by atoms with van der Waals surface area (Å²) in [4.78, 5) is 36.9. The van der Waals surface area contributed by atoms with Crippen LogP contribution in [0.15, 0.2) is 48.5 Å². The normalized spacial score (nSPS) is 15.7. The van der Waals surface area contributed by atoms with E-state index in [1.807, 2.05) is 6.07 Å². The fourth-order valence-electron chi connectivity index (χ4n) is 2.88. The SMILES string of the molecule is CC1Oc2ccccc2N(CC(=O)NCCc2ccc(C(=O)O)cc2)C1=O. The minimum Gasteiger partial charge on any atom is -0.479 e. The number of rotatable bonds is 6. The molecule has 2 N–H and O–H groups in total. The maximum Gasteiger partial charge on any atom is 0.335 e. The summed E-state index contributed by atoms with van der Waals surface area (Å²) < 4.78 is 5.56. The summed E-state index contributed by atoms with van der Waals surface area (Å²) in [7, 11) is 0. The number of fused-ring (bicyclic) bond motifs is 1. The highest BCUT2D eigenvalue weighted by Crippen LogP contribution is 2.33. The number of carboxylic acid groups (broad SMARTS) is 1. The zero-order valence-corrected chi connectivity index (χ0v) is 14.8. The lowest BCUT2D eigenvalue weighted by atomic mass is 10.1. The van der Waals surface area contributed by atoms with E-state index < -0.39 is 12.1 Å². The van der Waals surface area contributed by atoms with Gasteiger partial charge in [-0.3, -0.25) is 14.5 Å². The molecule has 2 aromatic rings. The molecule has 3 rings (SSSR count). The van der Waals surface area contributed by atoms with Crippen molar-refractivity contribution in [1.29, 1.82) is 0 Å². The van der Waals surface area contributed by atoms with E-state index in [2.05, 4.69) is 5.32 Å². The Morgan fingerprint density at radius 2 is 1.85 bits per heavy atom. The monoisotopic (exact) mass is 368 g/mol. The smallest absolute Gasteiger partial charge is 0.335 e. The van der Waals surface area contributed by atoms with Crippen molar-refractivity contribution in [2.75, 3.05) is 18.0 Å². The lowest BCUT2D eigenvalue weighted by Crippen LogP contribution is -2.49. The van der Waals surface area contributed by atoms with Crippen LogP contribution in [0.25, 0.3) is 0 Å². The standard InChI is InChI=1S/C20H20N2O5/c1-13-19(24)22(16-4-2-3-5-17(16)27-13)12-18(23)21-11-10-14-6-8-15(9-7-14)20(25)26/h2-9,13H,10-12H2,1H3,(H,21,23)(H,25,26). The quantitative estimate of drug-likeness (QED) is 0.811. The number of amides is 2. The van der Waals surface area contributed by atoms with Gasteiger partial charge >= 0.3 is 5.97 Å². The fraction of sp³-hybridized carbons (Fsp3) is 0.250. The van der Waals surface area contributed by atoms with Gasteiger partial charge in [0.15, 0.2) is 6.10 Å². The number of carboxylic acids is 1. The van der Waals surface area contributed by atoms with E-state index in [1.54, 1.807) is 37.3 Å². The molecule has 1 atom stereocenters. The van der Waals surface area contributed by atoms with Crippen molar-refractivity contribution in [2.24, 2.45) is 0 Å². The lowest BCUT2D eigenvalue weighted by molar-refractivity contribution is -0.128. The third-order valence-corrected chi connectivity index (χ3v) is 4.31. The molecule has 0 bridgehead atoms. The first-order valence-corrected chi connectivity index (χ1v) is 8.61. The summed E-state index contributed by atoms with van der Waals surface area (Å²) in [5, 5.41) is 11.7. The molecule has 2 amide bonds. The highest BCUT2D eigenvalue weighted by Gasteiger charge is 2.32. The predicted octanol–water partition coefficient (Wildman–Crippen LogP) is 1.86. The van der Waals surface area contributed by atoms with Crippen LogP contribution in [0.2, 0.25) is 0 Å². The average Bonchev–Trinajstić information content (AvgIpc) is 2.66. The maximum absolute atomic E-state index is 12.4. The molecule has 0 aliphatic carbocycles. The van der Waals surface area contributed by atoms with E-state index in [0.29, 0.717) is 24.4 Å². The molecule has 0 saturated heterocycles. The van der Waals surface area contributed by atoms with Gasteiger partial charge in [-0.15, -0.1) is 0 Å². The first-order valence-electron chi connectivity index (χ1n) is 8.61. The number of carbonyl (C=O) groups excluding carboxylic acids is 2. The van der Waals surface area contributed by atoms with Crippen molar-refractivity contribution in [3.8, 4) is 5.75 Å². The average molecular weight is 368 g/mol. The molecule has 0 radical (unpaired) electrons. The maximum atomic E-state index is 12.4. The van der Waals surface area contributed by atoms with Crippen LogP contribution in [-0.4, -0.2) is 42.1 Å². The zero-order chi connectivity index (χ0) is 19.4. The minimum atomic E-state index is -0.973. The minimum absolute atomic E-state index is 0.0818. The van der Waals surface area contributed by atoms with Gasteiger partial charge in [0.25, 0.3) is 5.91 Å². The molecule has 0 spiro atoms. The van der Waals surface area contributed by atoms with Crippen LogP contribution in [0.4, 0.5) is 5.69 Å². The van der Waals surface area contributed by atoms with E-state index in [1.165, 1.54) is 17.0 Å². The van der Waals surface area contributed by atoms with Crippen LogP contribution in [0.3, 0.4) is 0 Å². The molecule has 0 fully saturated rings. The Kier molecular flexibility index (Phi) is 5.40. The van der Waals surface area contributed by atoms with Crippen LogP contribution in [0, 0.1) is 0 Å². The number of nitrogens with zero attached hydrogens (tertiary/aromatic N) is 1. The molecule has 27 heavy (non-hydrogen) atoms. The second-order valence-corrected chi connectivity index (χ2v) is 6.25. The summed E-state index contributed by atoms with van der Waals surface area (Å²) in [5.41, 5.74) is 1.73. The molecule has 140 valence electrons. The van der Waals surface area contributed by atoms with E-state index >= 15 is 0 Å². The number of hydrogen-bond acceptors (Lipinski definition) is 4. The van der Waals surface area contributed by atoms with E-state index in [4.69, 9.17) is 9.84 Å². The van der Waals surface area contributed by atoms with E-state index in [9.17, 15) is 14.4 Å². The van der Waals surface area contributed by atoms with Crippen LogP contribution >= 0.6 is 0 Å². The summed E-state index contributed by atoms with van der Waals surface area (Å²) in [6, 6.07) is 13.6. The summed E-state index contributed by atoms with van der Waals surface area (Å²) in [6.45, 7) is 1.96. The van der Waals surface area contributed by atoms with Gasteiger partial charge < -0.3 is 15.2 Å². The first-order chi connectivity index (χ1) is 13.0. The predicted molar refractivity (Wildman–Crippen MR) is 99.0 cm³/mol. The van der Waals surface area contributed by atoms with E-state index in [-0.39, 0.29) is 23.9 Å². The number of anilines is 1. The molecule has 1 unspecified atom stereocenters. The van der Waals surface area contributed by atoms with Crippen LogP contribution in [0.1, 0.15) is 22.8 Å². The van der Waals surface area contributed by atoms with Gasteiger partial charge in [0.2, 0.25) is 5.91 Å². The lowest BCUT2D eigenvalue weighted by Gasteiger charge is -2.32. The van der Waals surface area contributed by atoms with Crippen molar-refractivity contribution in [3.63, 3.8) is 0 Å². The summed E-state index contributed by atoms with van der Waals surface area (Å²) in [6.07, 6.45) is -0.0733. The zero-order valence-electron chi connectivity index (χ0n) is 14.8. The molecule has 0 aromatic heterocycles. The van der Waals surface area contributed by atoms with Crippen molar-refractivity contribution < 1.29 is 24.2 Å². The van der Waals surface area contributed by atoms with Crippen LogP contribution < -0.4 is 15.0 Å². The van der Waals surface area contributed by atoms with Gasteiger partial charge in [-0.2, -0.15) is 0 Å². The number of ether oxygens (including phenoxy) is 1. The number of nitrogens with one attached hydrogen (secondary N) is 1. The largest absolute Gasteiger partial charge is 0.479 e. The molecule has 1 aliphatic rings. The molecule has 2 aromatic carbocycles. The molecule has 1 heterocycles. The van der Waals surface area contributed by atoms with Gasteiger partial charge in [-0.25, -0.2) is 4.79 Å². The van der Waals surface area contributed by atoms with E-state index in [0.717, 1.165) is 5.56 Å². The number of para-hydroxylation sites is 2. The number of aromatic carboxylic acids is 1. The van der Waals surface area contributed by atoms with Crippen molar-refractivity contribution in [3.05, 3.63) is 59.7 Å². The van der Waals surface area contributed by atoms with Gasteiger partial charge in [0.1, 0.15) is 12.3 Å². The Balaban J connectivity index is 1.56. The Morgan fingerprint density at radius 1 is 1.15 bits per heavy atom. The molecular weight excluding hydrogens is 348 g/mol. The Labute approximate surface area is 156 Å². The molecule has 7 nitrogen and oxygen atoms in total. The van der Waals surface area contributed by atoms with Gasteiger partial charge in [0, 0.05) is 6.54 Å². The third kappa shape index (κ3) is 4.25. The van der Waals surface area contributed by atoms with Gasteiger partial charge in [-0.1, -0.05) is 24.3 Å². The first kappa shape index (κ1) is 18.4. The number of benzene rings is 2. The third-order valence-electron chi connectivity index (χ3n) is 4.31. The van der Waals surface area contributed by atoms with Crippen molar-refractivity contribution in [2.45, 2.75) is 19.4 Å². The fourth-order valence-corrected chi connectivity index (χ4v) is 2.88. The molecule has 1 aliphatic heterocycles. The van der Waals surface area contributed by atoms with Crippen LogP contribution in [-0.2, 0) is 16.0 Å². The number of hydrogen-bond donors (Lipinski definition) is 2. The second-order valence-electron chi connectivity index (χ2n) is 6.25. The highest BCUT2D eigenvalue weighted by atomic mass is 16.5. The number of carbonyl (C=O) groups is 3. The Morgan fingerprint density at radius 3 is 2.56 bits per heavy atom. The van der Waals surface area contributed by atoms with Gasteiger partial charge in [0.05, 0.1) is 11.3 Å². The van der Waals surface area contributed by atoms with Crippen LogP contribution in [0.5, 0.6) is 5.75 Å². The molecule has 7 heteroatoms. The van der Waals surface area contributed by atoms with Gasteiger partial charge in [-0.05, 0) is 43.2 Å². The topological polar surface area (TPSA) is 95.9 Å². The molecular formula is C20H20N2O5. The van der Waals surface area contributed by atoms with Crippen molar-refractivity contribution in [1.82, 2.24) is 5.32 Å². The Bertz CT molecular complexity index is 863. The summed E-state index contributed by atoms with van der Waals surface area (Å²) in [5.74, 6) is -0.919. The van der Waals surface area contributed by atoms with Crippen molar-refractivity contribution >= 4 is 23.5 Å².